The van der Waals surface area contributed by atoms with Gasteiger partial charge in [0.05, 0.1) is 5.69 Å². The Morgan fingerprint density at radius 1 is 1.08 bits per heavy atom. The molecule has 1 aromatic heterocycles. The predicted molar refractivity (Wildman–Crippen MR) is 101 cm³/mol. The van der Waals surface area contributed by atoms with Crippen molar-refractivity contribution in [2.45, 2.75) is 19.0 Å². The highest BCUT2D eigenvalue weighted by atomic mass is 16.1. The second-order valence-electron chi connectivity index (χ2n) is 6.57. The average molecular weight is 346 g/mol. The standard InChI is InChI=1S/C21H22N4O/c26-21-15-20(18-7-2-1-3-8-18)24(13-11-22-21)16-17-6-4-9-19(14-17)25-12-5-10-23-25/h1-10,12,14,20H,11,13,15-16H2,(H,22,26)/t20-/m1/s1. The van der Waals surface area contributed by atoms with Crippen molar-refractivity contribution >= 4 is 5.91 Å². The van der Waals surface area contributed by atoms with Crippen molar-refractivity contribution < 1.29 is 4.79 Å². The minimum Gasteiger partial charge on any atom is -0.355 e. The summed E-state index contributed by atoms with van der Waals surface area (Å²) >= 11 is 0. The second-order valence-corrected chi connectivity index (χ2v) is 6.57. The maximum Gasteiger partial charge on any atom is 0.221 e. The van der Waals surface area contributed by atoms with Crippen molar-refractivity contribution in [1.82, 2.24) is 20.0 Å². The molecule has 1 N–H and O–H groups in total. The van der Waals surface area contributed by atoms with Crippen LogP contribution in [0.25, 0.3) is 5.69 Å². The molecule has 0 radical (unpaired) electrons. The molecular weight excluding hydrogens is 324 g/mol. The highest BCUT2D eigenvalue weighted by molar-refractivity contribution is 5.77. The molecule has 1 fully saturated rings. The third-order valence-electron chi connectivity index (χ3n) is 4.79. The molecule has 1 aliphatic heterocycles. The van der Waals surface area contributed by atoms with Crippen LogP contribution < -0.4 is 5.32 Å². The molecule has 1 saturated heterocycles. The molecule has 2 aromatic carbocycles. The number of hydrogen-bond donors (Lipinski definition) is 1. The quantitative estimate of drug-likeness (QED) is 0.790. The molecule has 0 unspecified atom stereocenters. The Morgan fingerprint density at radius 3 is 2.77 bits per heavy atom. The Kier molecular flexibility index (Phi) is 4.80. The van der Waals surface area contributed by atoms with E-state index in [1.54, 1.807) is 6.20 Å². The van der Waals surface area contributed by atoms with E-state index in [2.05, 4.69) is 51.7 Å². The molecular formula is C21H22N4O. The number of rotatable bonds is 4. The van der Waals surface area contributed by atoms with Crippen molar-refractivity contribution in [1.29, 1.82) is 0 Å². The smallest absolute Gasteiger partial charge is 0.221 e. The fraction of sp³-hybridized carbons (Fsp3) is 0.238. The third kappa shape index (κ3) is 3.68. The lowest BCUT2D eigenvalue weighted by Crippen LogP contribution is -2.30. The van der Waals surface area contributed by atoms with Crippen molar-refractivity contribution in [3.05, 3.63) is 84.2 Å². The van der Waals surface area contributed by atoms with E-state index in [9.17, 15) is 4.79 Å². The summed E-state index contributed by atoms with van der Waals surface area (Å²) in [6.45, 7) is 2.31. The summed E-state index contributed by atoms with van der Waals surface area (Å²) in [7, 11) is 0. The van der Waals surface area contributed by atoms with E-state index in [0.717, 1.165) is 18.8 Å². The first-order chi connectivity index (χ1) is 12.8. The molecule has 0 bridgehead atoms. The van der Waals surface area contributed by atoms with Crippen molar-refractivity contribution in [3.8, 4) is 5.69 Å². The van der Waals surface area contributed by atoms with E-state index in [1.165, 1.54) is 11.1 Å². The van der Waals surface area contributed by atoms with Gasteiger partial charge in [-0.1, -0.05) is 42.5 Å². The Bertz CT molecular complexity index is 861. The van der Waals surface area contributed by atoms with Gasteiger partial charge in [0.25, 0.3) is 0 Å². The van der Waals surface area contributed by atoms with E-state index in [4.69, 9.17) is 0 Å². The number of nitrogens with zero attached hydrogens (tertiary/aromatic N) is 3. The first kappa shape index (κ1) is 16.5. The second kappa shape index (κ2) is 7.54. The predicted octanol–water partition coefficient (Wildman–Crippen LogP) is 2.94. The highest BCUT2D eigenvalue weighted by Crippen LogP contribution is 2.27. The van der Waals surface area contributed by atoms with Crippen LogP contribution >= 0.6 is 0 Å². The van der Waals surface area contributed by atoms with E-state index in [1.807, 2.05) is 35.1 Å². The first-order valence-electron chi connectivity index (χ1n) is 8.94. The number of carbonyl (C=O) groups is 1. The number of amides is 1. The van der Waals surface area contributed by atoms with E-state index < -0.39 is 0 Å². The minimum atomic E-state index is 0.0899. The van der Waals surface area contributed by atoms with Gasteiger partial charge in [0.15, 0.2) is 0 Å². The molecule has 0 spiro atoms. The average Bonchev–Trinajstić information content (AvgIpc) is 3.15. The molecule has 4 rings (SSSR count). The molecule has 1 atom stereocenters. The normalized spacial score (nSPS) is 18.3. The molecule has 0 aliphatic carbocycles. The zero-order valence-corrected chi connectivity index (χ0v) is 14.6. The summed E-state index contributed by atoms with van der Waals surface area (Å²) in [4.78, 5) is 14.5. The molecule has 3 aromatic rings. The van der Waals surface area contributed by atoms with Gasteiger partial charge in [-0.2, -0.15) is 5.10 Å². The SMILES string of the molecule is O=C1C[C@H](c2ccccc2)N(Cc2cccc(-n3cccn3)c2)CCN1. The highest BCUT2D eigenvalue weighted by Gasteiger charge is 2.26. The number of nitrogens with one attached hydrogen (secondary N) is 1. The summed E-state index contributed by atoms with van der Waals surface area (Å²) in [6, 6.07) is 20.7. The Hall–Kier alpha value is -2.92. The van der Waals surface area contributed by atoms with Crippen LogP contribution in [-0.4, -0.2) is 33.7 Å². The minimum absolute atomic E-state index is 0.0899. The van der Waals surface area contributed by atoms with Crippen molar-refractivity contribution in [2.75, 3.05) is 13.1 Å². The molecule has 1 amide bonds. The van der Waals surface area contributed by atoms with Crippen LogP contribution in [-0.2, 0) is 11.3 Å². The molecule has 2 heterocycles. The van der Waals surface area contributed by atoms with Crippen LogP contribution in [0.15, 0.2) is 73.1 Å². The molecule has 132 valence electrons. The van der Waals surface area contributed by atoms with Crippen LogP contribution in [0.3, 0.4) is 0 Å². The first-order valence-corrected chi connectivity index (χ1v) is 8.94. The van der Waals surface area contributed by atoms with Crippen LogP contribution in [0.1, 0.15) is 23.6 Å². The summed E-state index contributed by atoms with van der Waals surface area (Å²) in [5.41, 5.74) is 3.45. The lowest BCUT2D eigenvalue weighted by molar-refractivity contribution is -0.121. The van der Waals surface area contributed by atoms with Gasteiger partial charge in [0.2, 0.25) is 5.91 Å². The van der Waals surface area contributed by atoms with Gasteiger partial charge in [0.1, 0.15) is 0 Å². The molecule has 1 aliphatic rings. The van der Waals surface area contributed by atoms with Crippen molar-refractivity contribution in [2.24, 2.45) is 0 Å². The van der Waals surface area contributed by atoms with Gasteiger partial charge in [-0.25, -0.2) is 4.68 Å². The van der Waals surface area contributed by atoms with Crippen molar-refractivity contribution in [3.63, 3.8) is 0 Å². The largest absolute Gasteiger partial charge is 0.355 e. The summed E-state index contributed by atoms with van der Waals surface area (Å²) < 4.78 is 1.87. The fourth-order valence-electron chi connectivity index (χ4n) is 3.52. The van der Waals surface area contributed by atoms with Gasteiger partial charge in [-0.15, -0.1) is 0 Å². The lowest BCUT2D eigenvalue weighted by atomic mass is 10.0. The number of carbonyl (C=O) groups excluding carboxylic acids is 1. The number of aromatic nitrogens is 2. The van der Waals surface area contributed by atoms with Gasteiger partial charge in [-0.05, 0) is 29.3 Å². The summed E-state index contributed by atoms with van der Waals surface area (Å²) in [5, 5.41) is 7.31. The van der Waals surface area contributed by atoms with Crippen LogP contribution in [0.5, 0.6) is 0 Å². The third-order valence-corrected chi connectivity index (χ3v) is 4.79. The maximum atomic E-state index is 12.1. The number of benzene rings is 2. The Morgan fingerprint density at radius 2 is 1.96 bits per heavy atom. The molecule has 26 heavy (non-hydrogen) atoms. The van der Waals surface area contributed by atoms with Crippen LogP contribution in [0.4, 0.5) is 0 Å². The lowest BCUT2D eigenvalue weighted by Gasteiger charge is -2.29. The van der Waals surface area contributed by atoms with Crippen LogP contribution in [0.2, 0.25) is 0 Å². The number of hydrogen-bond acceptors (Lipinski definition) is 3. The van der Waals surface area contributed by atoms with Gasteiger partial charge < -0.3 is 5.32 Å². The van der Waals surface area contributed by atoms with E-state index in [0.29, 0.717) is 13.0 Å². The summed E-state index contributed by atoms with van der Waals surface area (Å²) in [5.74, 6) is 0.117. The van der Waals surface area contributed by atoms with Gasteiger partial charge in [-0.3, -0.25) is 9.69 Å². The monoisotopic (exact) mass is 346 g/mol. The Balaban J connectivity index is 1.60. The topological polar surface area (TPSA) is 50.2 Å². The van der Waals surface area contributed by atoms with Crippen LogP contribution in [0, 0.1) is 0 Å². The zero-order valence-electron chi connectivity index (χ0n) is 14.6. The molecule has 5 nitrogen and oxygen atoms in total. The Labute approximate surface area is 153 Å². The van der Waals surface area contributed by atoms with Gasteiger partial charge >= 0.3 is 0 Å². The summed E-state index contributed by atoms with van der Waals surface area (Å²) in [6.07, 6.45) is 4.22. The maximum absolute atomic E-state index is 12.1. The fourth-order valence-corrected chi connectivity index (χ4v) is 3.52. The molecule has 0 saturated carbocycles. The van der Waals surface area contributed by atoms with E-state index in [-0.39, 0.29) is 11.9 Å². The molecule has 5 heteroatoms. The zero-order chi connectivity index (χ0) is 17.8. The van der Waals surface area contributed by atoms with E-state index >= 15 is 0 Å². The van der Waals surface area contributed by atoms with Gasteiger partial charge in [0, 0.05) is 44.5 Å².